The van der Waals surface area contributed by atoms with Crippen molar-refractivity contribution in [3.05, 3.63) is 0 Å². The molecule has 0 amide bonds. The Morgan fingerprint density at radius 1 is 1.24 bits per heavy atom. The average Bonchev–Trinajstić information content (AvgIpc) is 2.46. The highest BCUT2D eigenvalue weighted by Gasteiger charge is 2.42. The second kappa shape index (κ2) is 7.43. The molecule has 3 atom stereocenters. The molecule has 1 saturated heterocycles. The molecule has 0 aromatic heterocycles. The van der Waals surface area contributed by atoms with Gasteiger partial charge in [0.1, 0.15) is 0 Å². The quantitative estimate of drug-likeness (QED) is 0.846. The first-order chi connectivity index (χ1) is 9.97. The maximum Gasteiger partial charge on any atom is 0.0335 e. The van der Waals surface area contributed by atoms with Gasteiger partial charge in [-0.1, -0.05) is 26.7 Å². The molecule has 2 N–H and O–H groups in total. The lowest BCUT2D eigenvalue weighted by Gasteiger charge is -2.52. The van der Waals surface area contributed by atoms with E-state index in [1.165, 1.54) is 58.0 Å². The molecule has 0 aromatic rings. The monoisotopic (exact) mass is 295 g/mol. The molecule has 1 aliphatic heterocycles. The summed E-state index contributed by atoms with van der Waals surface area (Å²) in [6, 6.07) is 0.715. The van der Waals surface area contributed by atoms with Gasteiger partial charge in [-0.2, -0.15) is 0 Å². The number of hydrogen-bond acceptors (Lipinski definition) is 3. The third-order valence-corrected chi connectivity index (χ3v) is 5.91. The van der Waals surface area contributed by atoms with Crippen molar-refractivity contribution in [2.24, 2.45) is 17.6 Å². The van der Waals surface area contributed by atoms with E-state index in [4.69, 9.17) is 5.73 Å². The molecule has 1 aliphatic carbocycles. The van der Waals surface area contributed by atoms with E-state index in [1.54, 1.807) is 0 Å². The van der Waals surface area contributed by atoms with Crippen molar-refractivity contribution in [1.29, 1.82) is 0 Å². The lowest BCUT2D eigenvalue weighted by atomic mass is 9.71. The fourth-order valence-electron chi connectivity index (χ4n) is 4.74. The van der Waals surface area contributed by atoms with Crippen molar-refractivity contribution in [2.45, 2.75) is 70.4 Å². The third kappa shape index (κ3) is 4.20. The van der Waals surface area contributed by atoms with Crippen LogP contribution in [0.4, 0.5) is 0 Å². The highest BCUT2D eigenvalue weighted by atomic mass is 15.3. The van der Waals surface area contributed by atoms with Gasteiger partial charge in [0.15, 0.2) is 0 Å². The van der Waals surface area contributed by atoms with Crippen LogP contribution in [-0.2, 0) is 0 Å². The van der Waals surface area contributed by atoms with Gasteiger partial charge in [0.2, 0.25) is 0 Å². The zero-order chi connectivity index (χ0) is 15.5. The van der Waals surface area contributed by atoms with Crippen LogP contribution in [0.5, 0.6) is 0 Å². The van der Waals surface area contributed by atoms with Gasteiger partial charge >= 0.3 is 0 Å². The number of rotatable bonds is 5. The van der Waals surface area contributed by atoms with Gasteiger partial charge in [-0.05, 0) is 64.6 Å². The molecule has 2 fully saturated rings. The smallest absolute Gasteiger partial charge is 0.0335 e. The predicted molar refractivity (Wildman–Crippen MR) is 91.5 cm³/mol. The minimum Gasteiger partial charge on any atom is -0.329 e. The van der Waals surface area contributed by atoms with Crippen LogP contribution in [0, 0.1) is 11.8 Å². The third-order valence-electron chi connectivity index (χ3n) is 5.91. The Morgan fingerprint density at radius 2 is 2.00 bits per heavy atom. The Morgan fingerprint density at radius 3 is 2.62 bits per heavy atom. The van der Waals surface area contributed by atoms with Crippen LogP contribution >= 0.6 is 0 Å². The maximum atomic E-state index is 6.33. The largest absolute Gasteiger partial charge is 0.329 e. The van der Waals surface area contributed by atoms with Gasteiger partial charge < -0.3 is 10.6 Å². The first-order valence-electron chi connectivity index (χ1n) is 9.08. The predicted octanol–water partition coefficient (Wildman–Crippen LogP) is 2.95. The van der Waals surface area contributed by atoms with Gasteiger partial charge in [-0.3, -0.25) is 4.90 Å². The molecule has 21 heavy (non-hydrogen) atoms. The van der Waals surface area contributed by atoms with Crippen molar-refractivity contribution in [3.63, 3.8) is 0 Å². The van der Waals surface area contributed by atoms with Crippen LogP contribution in [-0.4, -0.2) is 55.1 Å². The van der Waals surface area contributed by atoms with Gasteiger partial charge in [0.25, 0.3) is 0 Å². The number of hydrogen-bond donors (Lipinski definition) is 1. The standard InChI is InChI=1S/C18H37N3/c1-15(2)11-16-7-5-9-18(12-16,14-19)21-10-6-8-17(13-21)20(3)4/h15-17H,5-14,19H2,1-4H3. The molecule has 1 heterocycles. The Bertz CT molecular complexity index is 316. The van der Waals surface area contributed by atoms with Gasteiger partial charge in [-0.25, -0.2) is 0 Å². The molecule has 124 valence electrons. The van der Waals surface area contributed by atoms with Gasteiger partial charge in [0, 0.05) is 24.7 Å². The first-order valence-corrected chi connectivity index (χ1v) is 9.08. The molecule has 0 radical (unpaired) electrons. The van der Waals surface area contributed by atoms with E-state index in [0.717, 1.165) is 18.4 Å². The summed E-state index contributed by atoms with van der Waals surface area (Å²) in [5, 5.41) is 0. The van der Waals surface area contributed by atoms with E-state index in [2.05, 4.69) is 37.7 Å². The fraction of sp³-hybridized carbons (Fsp3) is 1.00. The van der Waals surface area contributed by atoms with Crippen molar-refractivity contribution >= 4 is 0 Å². The molecule has 1 saturated carbocycles. The summed E-state index contributed by atoms with van der Waals surface area (Å²) in [6.07, 6.45) is 9.51. The van der Waals surface area contributed by atoms with Crippen LogP contribution in [0.15, 0.2) is 0 Å². The number of nitrogens with zero attached hydrogens (tertiary/aromatic N) is 2. The highest BCUT2D eigenvalue weighted by Crippen LogP contribution is 2.40. The SMILES string of the molecule is CC(C)CC1CCCC(CN)(N2CCCC(N(C)C)C2)C1. The van der Waals surface area contributed by atoms with E-state index < -0.39 is 0 Å². The van der Waals surface area contributed by atoms with Crippen LogP contribution in [0.2, 0.25) is 0 Å². The molecular weight excluding hydrogens is 258 g/mol. The number of nitrogens with two attached hydrogens (primary N) is 1. The summed E-state index contributed by atoms with van der Waals surface area (Å²) in [4.78, 5) is 5.18. The van der Waals surface area contributed by atoms with E-state index in [0.29, 0.717) is 11.6 Å². The average molecular weight is 296 g/mol. The minimum absolute atomic E-state index is 0.298. The number of likely N-dealkylation sites (N-methyl/N-ethyl adjacent to an activating group) is 1. The molecule has 0 aromatic carbocycles. The molecule has 0 bridgehead atoms. The van der Waals surface area contributed by atoms with E-state index in [1.807, 2.05) is 0 Å². The Balaban J connectivity index is 2.05. The summed E-state index contributed by atoms with van der Waals surface area (Å²) >= 11 is 0. The second-order valence-corrected chi connectivity index (χ2v) is 8.23. The van der Waals surface area contributed by atoms with Crippen LogP contribution in [0.25, 0.3) is 0 Å². The van der Waals surface area contributed by atoms with E-state index in [-0.39, 0.29) is 0 Å². The summed E-state index contributed by atoms with van der Waals surface area (Å²) < 4.78 is 0. The molecule has 2 aliphatic rings. The lowest BCUT2D eigenvalue weighted by molar-refractivity contribution is -0.00519. The van der Waals surface area contributed by atoms with Gasteiger partial charge in [0.05, 0.1) is 0 Å². The highest BCUT2D eigenvalue weighted by molar-refractivity contribution is 4.99. The van der Waals surface area contributed by atoms with Crippen LogP contribution < -0.4 is 5.73 Å². The molecule has 0 spiro atoms. The molecular formula is C18H37N3. The Hall–Kier alpha value is -0.120. The Labute approximate surface area is 132 Å². The second-order valence-electron chi connectivity index (χ2n) is 8.23. The van der Waals surface area contributed by atoms with Crippen molar-refractivity contribution in [1.82, 2.24) is 9.80 Å². The van der Waals surface area contributed by atoms with Crippen molar-refractivity contribution in [2.75, 3.05) is 33.7 Å². The molecule has 3 heteroatoms. The zero-order valence-corrected chi connectivity index (χ0v) is 14.8. The van der Waals surface area contributed by atoms with Crippen molar-refractivity contribution < 1.29 is 0 Å². The van der Waals surface area contributed by atoms with Crippen LogP contribution in [0.3, 0.4) is 0 Å². The summed E-state index contributed by atoms with van der Waals surface area (Å²) in [5.41, 5.74) is 6.63. The Kier molecular flexibility index (Phi) is 6.10. The summed E-state index contributed by atoms with van der Waals surface area (Å²) in [7, 11) is 4.46. The summed E-state index contributed by atoms with van der Waals surface area (Å²) in [5.74, 6) is 1.71. The molecule has 3 nitrogen and oxygen atoms in total. The molecule has 2 rings (SSSR count). The zero-order valence-electron chi connectivity index (χ0n) is 14.8. The topological polar surface area (TPSA) is 32.5 Å². The first kappa shape index (κ1) is 17.2. The van der Waals surface area contributed by atoms with E-state index in [9.17, 15) is 0 Å². The van der Waals surface area contributed by atoms with Gasteiger partial charge in [-0.15, -0.1) is 0 Å². The maximum absolute atomic E-state index is 6.33. The lowest BCUT2D eigenvalue weighted by Crippen LogP contribution is -2.61. The van der Waals surface area contributed by atoms with Crippen molar-refractivity contribution in [3.8, 4) is 0 Å². The fourth-order valence-corrected chi connectivity index (χ4v) is 4.74. The summed E-state index contributed by atoms with van der Waals surface area (Å²) in [6.45, 7) is 8.06. The minimum atomic E-state index is 0.298. The normalized spacial score (nSPS) is 35.6. The number of likely N-dealkylation sites (tertiary alicyclic amines) is 1. The van der Waals surface area contributed by atoms with Crippen LogP contribution in [0.1, 0.15) is 58.8 Å². The van der Waals surface area contributed by atoms with E-state index >= 15 is 0 Å². The molecule has 3 unspecified atom stereocenters. The number of piperidine rings is 1.